The van der Waals surface area contributed by atoms with Gasteiger partial charge < -0.3 is 5.32 Å². The van der Waals surface area contributed by atoms with Gasteiger partial charge in [0.1, 0.15) is 0 Å². The molecule has 2 N–H and O–H groups in total. The number of hydrogen-bond acceptors (Lipinski definition) is 4. The molecular weight excluding hydrogens is 478 g/mol. The van der Waals surface area contributed by atoms with Gasteiger partial charge in [0.15, 0.2) is 0 Å². The zero-order valence-electron chi connectivity index (χ0n) is 16.5. The topological polar surface area (TPSA) is 88.2 Å². The number of carbonyl (C=O) groups is 1. The van der Waals surface area contributed by atoms with Crippen molar-refractivity contribution in [2.45, 2.75) is 11.8 Å². The number of halogens is 1. The maximum absolute atomic E-state index is 12.9. The molecule has 4 rings (SSSR count). The first-order valence-corrected chi connectivity index (χ1v) is 11.7. The van der Waals surface area contributed by atoms with Crippen molar-refractivity contribution in [2.24, 2.45) is 0 Å². The van der Waals surface area contributed by atoms with Gasteiger partial charge in [-0.2, -0.15) is 0 Å². The number of anilines is 2. The fraction of sp³-hybridized carbons (Fsp3) is 0.0435. The number of sulfonamides is 1. The van der Waals surface area contributed by atoms with Gasteiger partial charge in [-0.15, -0.1) is 0 Å². The summed E-state index contributed by atoms with van der Waals surface area (Å²) in [6.07, 6.45) is 1.68. The van der Waals surface area contributed by atoms with E-state index in [0.29, 0.717) is 15.8 Å². The predicted molar refractivity (Wildman–Crippen MR) is 126 cm³/mol. The second-order valence-electron chi connectivity index (χ2n) is 6.95. The molecule has 0 aliphatic heterocycles. The van der Waals surface area contributed by atoms with Crippen LogP contribution in [0.3, 0.4) is 0 Å². The number of carbonyl (C=O) groups excluding carboxylic acids is 1. The fourth-order valence-corrected chi connectivity index (χ4v) is 4.73. The summed E-state index contributed by atoms with van der Waals surface area (Å²) in [6.45, 7) is 1.87. The number of aromatic nitrogens is 1. The molecule has 0 fully saturated rings. The maximum Gasteiger partial charge on any atom is 0.261 e. The summed E-state index contributed by atoms with van der Waals surface area (Å²) in [6, 6.07) is 20.4. The van der Waals surface area contributed by atoms with Gasteiger partial charge in [0.05, 0.1) is 21.8 Å². The summed E-state index contributed by atoms with van der Waals surface area (Å²) in [5.74, 6) is -0.412. The first-order valence-electron chi connectivity index (χ1n) is 9.38. The third-order valence-electron chi connectivity index (χ3n) is 4.67. The highest BCUT2D eigenvalue weighted by molar-refractivity contribution is 9.10. The van der Waals surface area contributed by atoms with Crippen LogP contribution in [0, 0.1) is 6.92 Å². The van der Waals surface area contributed by atoms with E-state index in [-0.39, 0.29) is 10.5 Å². The summed E-state index contributed by atoms with van der Waals surface area (Å²) < 4.78 is 29.0. The number of benzene rings is 3. The molecule has 0 aliphatic carbocycles. The van der Waals surface area contributed by atoms with Crippen molar-refractivity contribution >= 4 is 54.1 Å². The first-order chi connectivity index (χ1) is 14.8. The second kappa shape index (κ2) is 8.49. The Morgan fingerprint density at radius 3 is 2.58 bits per heavy atom. The molecule has 31 heavy (non-hydrogen) atoms. The first kappa shape index (κ1) is 21.0. The van der Waals surface area contributed by atoms with Crippen LogP contribution in [0.1, 0.15) is 15.9 Å². The summed E-state index contributed by atoms with van der Waals surface area (Å²) in [5.41, 5.74) is 2.93. The highest BCUT2D eigenvalue weighted by Gasteiger charge is 2.18. The van der Waals surface area contributed by atoms with Gasteiger partial charge in [0.2, 0.25) is 0 Å². The number of fused-ring (bicyclic) bond motifs is 1. The molecule has 3 aromatic carbocycles. The zero-order chi connectivity index (χ0) is 22.0. The third kappa shape index (κ3) is 4.60. The minimum atomic E-state index is -3.89. The van der Waals surface area contributed by atoms with E-state index in [2.05, 4.69) is 31.0 Å². The lowest BCUT2D eigenvalue weighted by Crippen LogP contribution is -2.16. The van der Waals surface area contributed by atoms with Gasteiger partial charge >= 0.3 is 0 Å². The van der Waals surface area contributed by atoms with Gasteiger partial charge in [0, 0.05) is 21.6 Å². The van der Waals surface area contributed by atoms with Gasteiger partial charge in [-0.25, -0.2) is 8.42 Å². The number of pyridine rings is 1. The molecule has 4 aromatic rings. The Bertz CT molecular complexity index is 1400. The number of hydrogen-bond donors (Lipinski definition) is 2. The molecule has 0 unspecified atom stereocenters. The Labute approximate surface area is 188 Å². The number of nitrogens with zero attached hydrogens (tertiary/aromatic N) is 1. The van der Waals surface area contributed by atoms with Gasteiger partial charge in [0.25, 0.3) is 15.9 Å². The van der Waals surface area contributed by atoms with Crippen LogP contribution in [0.2, 0.25) is 0 Å². The SMILES string of the molecule is Cc1ccc(Br)c(NS(=O)(=O)c2cccc(C(=O)Nc3cccc4ncccc34)c2)c1. The zero-order valence-corrected chi connectivity index (χ0v) is 18.9. The molecule has 0 spiro atoms. The summed E-state index contributed by atoms with van der Waals surface area (Å²) in [4.78, 5) is 17.1. The van der Waals surface area contributed by atoms with Gasteiger partial charge in [-0.05, 0) is 83.0 Å². The van der Waals surface area contributed by atoms with Gasteiger partial charge in [-0.1, -0.05) is 18.2 Å². The van der Waals surface area contributed by atoms with Crippen LogP contribution in [-0.2, 0) is 10.0 Å². The fourth-order valence-electron chi connectivity index (χ4n) is 3.13. The third-order valence-corrected chi connectivity index (χ3v) is 6.72. The molecule has 1 heterocycles. The minimum absolute atomic E-state index is 0.00635. The molecule has 0 aliphatic rings. The highest BCUT2D eigenvalue weighted by Crippen LogP contribution is 2.27. The molecule has 0 radical (unpaired) electrons. The van der Waals surface area contributed by atoms with Crippen LogP contribution in [0.4, 0.5) is 11.4 Å². The molecule has 0 saturated carbocycles. The number of rotatable bonds is 5. The van der Waals surface area contributed by atoms with Crippen molar-refractivity contribution in [2.75, 3.05) is 10.0 Å². The van der Waals surface area contributed by atoms with Crippen LogP contribution in [0.5, 0.6) is 0 Å². The molecular formula is C23H18BrN3O3S. The van der Waals surface area contributed by atoms with Gasteiger partial charge in [-0.3, -0.25) is 14.5 Å². The van der Waals surface area contributed by atoms with E-state index in [4.69, 9.17) is 0 Å². The lowest BCUT2D eigenvalue weighted by Gasteiger charge is -2.12. The van der Waals surface area contributed by atoms with Crippen molar-refractivity contribution in [3.05, 3.63) is 94.6 Å². The molecule has 6 nitrogen and oxygen atoms in total. The molecule has 1 aromatic heterocycles. The standard InChI is InChI=1S/C23H18BrN3O3S/c1-15-10-11-19(24)22(13-15)27-31(29,30)17-6-2-5-16(14-17)23(28)26-21-9-3-8-20-18(21)7-4-12-25-20/h2-14,27H,1H3,(H,26,28). The second-order valence-corrected chi connectivity index (χ2v) is 9.48. The van der Waals surface area contributed by atoms with E-state index in [1.54, 1.807) is 48.7 Å². The normalized spacial score (nSPS) is 11.3. The molecule has 156 valence electrons. The number of amides is 1. The van der Waals surface area contributed by atoms with Crippen LogP contribution in [0.15, 0.2) is 88.4 Å². The number of aryl methyl sites for hydroxylation is 1. The average molecular weight is 496 g/mol. The van der Waals surface area contributed by atoms with E-state index < -0.39 is 15.9 Å². The van der Waals surface area contributed by atoms with E-state index >= 15 is 0 Å². The van der Waals surface area contributed by atoms with E-state index in [9.17, 15) is 13.2 Å². The van der Waals surface area contributed by atoms with Crippen molar-refractivity contribution in [3.8, 4) is 0 Å². The number of nitrogens with one attached hydrogen (secondary N) is 2. The van der Waals surface area contributed by atoms with E-state index in [1.165, 1.54) is 12.1 Å². The summed E-state index contributed by atoms with van der Waals surface area (Å²) >= 11 is 3.35. The Kier molecular flexibility index (Phi) is 5.75. The van der Waals surface area contributed by atoms with Crippen LogP contribution < -0.4 is 10.0 Å². The Morgan fingerprint density at radius 1 is 0.935 bits per heavy atom. The lowest BCUT2D eigenvalue weighted by atomic mass is 10.1. The molecule has 1 amide bonds. The predicted octanol–water partition coefficient (Wildman–Crippen LogP) is 5.36. The minimum Gasteiger partial charge on any atom is -0.321 e. The van der Waals surface area contributed by atoms with Crippen molar-refractivity contribution in [1.82, 2.24) is 4.98 Å². The van der Waals surface area contributed by atoms with Crippen LogP contribution in [0.25, 0.3) is 10.9 Å². The average Bonchev–Trinajstić information content (AvgIpc) is 2.76. The quantitative estimate of drug-likeness (QED) is 0.390. The molecule has 0 saturated heterocycles. The molecule has 0 bridgehead atoms. The lowest BCUT2D eigenvalue weighted by molar-refractivity contribution is 0.102. The Hall–Kier alpha value is -3.23. The van der Waals surface area contributed by atoms with E-state index in [0.717, 1.165) is 16.5 Å². The molecule has 0 atom stereocenters. The van der Waals surface area contributed by atoms with E-state index in [1.807, 2.05) is 25.1 Å². The largest absolute Gasteiger partial charge is 0.321 e. The Balaban J connectivity index is 1.61. The summed E-state index contributed by atoms with van der Waals surface area (Å²) in [5, 5.41) is 3.64. The van der Waals surface area contributed by atoms with Crippen molar-refractivity contribution in [3.63, 3.8) is 0 Å². The van der Waals surface area contributed by atoms with Crippen molar-refractivity contribution < 1.29 is 13.2 Å². The highest BCUT2D eigenvalue weighted by atomic mass is 79.9. The van der Waals surface area contributed by atoms with Crippen LogP contribution in [-0.4, -0.2) is 19.3 Å². The van der Waals surface area contributed by atoms with Crippen LogP contribution >= 0.6 is 15.9 Å². The molecule has 8 heteroatoms. The smallest absolute Gasteiger partial charge is 0.261 e. The summed E-state index contributed by atoms with van der Waals surface area (Å²) in [7, 11) is -3.89. The van der Waals surface area contributed by atoms with Crippen molar-refractivity contribution in [1.29, 1.82) is 0 Å². The Morgan fingerprint density at radius 2 is 1.74 bits per heavy atom. The maximum atomic E-state index is 12.9. The monoisotopic (exact) mass is 495 g/mol.